The van der Waals surface area contributed by atoms with E-state index in [0.29, 0.717) is 13.2 Å². The lowest BCUT2D eigenvalue weighted by atomic mass is 10.1. The van der Waals surface area contributed by atoms with Crippen LogP contribution in [0, 0.1) is 11.3 Å². The van der Waals surface area contributed by atoms with Crippen LogP contribution in [0.15, 0.2) is 30.5 Å². The van der Waals surface area contributed by atoms with Crippen LogP contribution in [-0.2, 0) is 4.74 Å². The molecule has 0 saturated carbocycles. The summed E-state index contributed by atoms with van der Waals surface area (Å²) in [5.41, 5.74) is 1.77. The summed E-state index contributed by atoms with van der Waals surface area (Å²) in [5.74, 6) is 0. The number of benzene rings is 1. The quantitative estimate of drug-likeness (QED) is 0.876. The molecule has 1 aliphatic rings. The number of aromatic amines is 1. The Morgan fingerprint density at radius 1 is 1.44 bits per heavy atom. The highest BCUT2D eigenvalue weighted by atomic mass is 16.6. The molecule has 5 nitrogen and oxygen atoms in total. The van der Waals surface area contributed by atoms with Gasteiger partial charge in [-0.3, -0.25) is 4.90 Å². The van der Waals surface area contributed by atoms with E-state index in [0.717, 1.165) is 16.5 Å². The van der Waals surface area contributed by atoms with Gasteiger partial charge in [0.2, 0.25) is 0 Å². The van der Waals surface area contributed by atoms with Gasteiger partial charge in [0, 0.05) is 22.7 Å². The number of nitrogens with one attached hydrogen (secondary N) is 1. The van der Waals surface area contributed by atoms with Gasteiger partial charge in [-0.25, -0.2) is 4.79 Å². The Kier molecular flexibility index (Phi) is 2.41. The first-order valence-corrected chi connectivity index (χ1v) is 5.70. The predicted octanol–water partition coefficient (Wildman–Crippen LogP) is 2.18. The largest absolute Gasteiger partial charge is 0.447 e. The Bertz CT molecular complexity index is 641. The molecule has 18 heavy (non-hydrogen) atoms. The van der Waals surface area contributed by atoms with Crippen molar-refractivity contribution in [2.45, 2.75) is 6.04 Å². The van der Waals surface area contributed by atoms with E-state index in [4.69, 9.17) is 4.74 Å². The summed E-state index contributed by atoms with van der Waals surface area (Å²) in [6.07, 6.45) is 1.36. The molecule has 90 valence electrons. The second-order valence-corrected chi connectivity index (χ2v) is 4.13. The fourth-order valence-electron chi connectivity index (χ4n) is 2.27. The Morgan fingerprint density at radius 3 is 3.00 bits per heavy atom. The molecule has 1 atom stereocenters. The molecule has 2 aromatic rings. The van der Waals surface area contributed by atoms with E-state index >= 15 is 0 Å². The molecule has 5 heteroatoms. The number of cyclic esters (lactones) is 1. The minimum Gasteiger partial charge on any atom is -0.447 e. The third-order valence-corrected chi connectivity index (χ3v) is 3.14. The monoisotopic (exact) mass is 241 g/mol. The summed E-state index contributed by atoms with van der Waals surface area (Å²) in [4.78, 5) is 16.1. The van der Waals surface area contributed by atoms with E-state index in [1.165, 1.54) is 4.90 Å². The zero-order valence-electron chi connectivity index (χ0n) is 9.59. The molecule has 1 saturated heterocycles. The number of hydrogen-bond donors (Lipinski definition) is 1. The number of nitriles is 1. The van der Waals surface area contributed by atoms with Gasteiger partial charge in [-0.1, -0.05) is 18.2 Å². The Morgan fingerprint density at radius 2 is 2.28 bits per heavy atom. The van der Waals surface area contributed by atoms with Crippen molar-refractivity contribution in [1.82, 2.24) is 9.88 Å². The van der Waals surface area contributed by atoms with Gasteiger partial charge in [0.25, 0.3) is 0 Å². The van der Waals surface area contributed by atoms with Crippen LogP contribution < -0.4 is 0 Å². The number of carbonyl (C=O) groups is 1. The standard InChI is InChI=1S/C13H11N3O2/c14-7-12(16-5-6-18-13(16)17)10-8-15-11-4-2-1-3-9(10)11/h1-4,8,12,15H,5-6H2. The number of aromatic nitrogens is 1. The van der Waals surface area contributed by atoms with Crippen molar-refractivity contribution in [3.05, 3.63) is 36.0 Å². The lowest BCUT2D eigenvalue weighted by molar-refractivity contribution is 0.154. The lowest BCUT2D eigenvalue weighted by Crippen LogP contribution is -2.28. The number of H-pyrrole nitrogens is 1. The van der Waals surface area contributed by atoms with Crippen molar-refractivity contribution in [2.24, 2.45) is 0 Å². The third kappa shape index (κ3) is 1.51. The molecule has 1 fully saturated rings. The highest BCUT2D eigenvalue weighted by Crippen LogP contribution is 2.29. The molecule has 1 aromatic heterocycles. The van der Waals surface area contributed by atoms with E-state index in [1.54, 1.807) is 6.20 Å². The molecule has 1 aromatic carbocycles. The number of nitrogens with zero attached hydrogens (tertiary/aromatic N) is 2. The molecule has 2 heterocycles. The van der Waals surface area contributed by atoms with Crippen molar-refractivity contribution in [3.8, 4) is 6.07 Å². The van der Waals surface area contributed by atoms with Gasteiger partial charge in [-0.2, -0.15) is 5.26 Å². The summed E-state index contributed by atoms with van der Waals surface area (Å²) in [6, 6.07) is 9.29. The summed E-state index contributed by atoms with van der Waals surface area (Å²) in [7, 11) is 0. The van der Waals surface area contributed by atoms with E-state index in [1.807, 2.05) is 24.3 Å². The predicted molar refractivity (Wildman–Crippen MR) is 64.7 cm³/mol. The maximum absolute atomic E-state index is 11.5. The summed E-state index contributed by atoms with van der Waals surface area (Å²) >= 11 is 0. The highest BCUT2D eigenvalue weighted by Gasteiger charge is 2.32. The molecular weight excluding hydrogens is 230 g/mol. The molecule has 0 spiro atoms. The Balaban J connectivity index is 2.07. The van der Waals surface area contributed by atoms with E-state index < -0.39 is 12.1 Å². The number of carbonyl (C=O) groups excluding carboxylic acids is 1. The second kappa shape index (κ2) is 4.08. The van der Waals surface area contributed by atoms with Gasteiger partial charge in [0.05, 0.1) is 12.6 Å². The Labute approximate surface area is 104 Å². The minimum absolute atomic E-state index is 0.347. The average Bonchev–Trinajstić information content (AvgIpc) is 2.99. The molecule has 1 N–H and O–H groups in total. The SMILES string of the molecule is N#CC(c1c[nH]c2ccccc12)N1CCOC1=O. The molecular formula is C13H11N3O2. The molecule has 0 radical (unpaired) electrons. The van der Waals surface area contributed by atoms with Crippen LogP contribution in [0.4, 0.5) is 4.79 Å². The first kappa shape index (κ1) is 10.7. The minimum atomic E-state index is -0.601. The summed E-state index contributed by atoms with van der Waals surface area (Å²) in [5, 5.41) is 10.3. The third-order valence-electron chi connectivity index (χ3n) is 3.14. The molecule has 0 bridgehead atoms. The topological polar surface area (TPSA) is 69.1 Å². The van der Waals surface area contributed by atoms with Crippen LogP contribution in [0.25, 0.3) is 10.9 Å². The van der Waals surface area contributed by atoms with Gasteiger partial charge in [0.15, 0.2) is 0 Å². The molecule has 1 amide bonds. The molecule has 1 aliphatic heterocycles. The first-order valence-electron chi connectivity index (χ1n) is 5.70. The van der Waals surface area contributed by atoms with Crippen molar-refractivity contribution in [2.75, 3.05) is 13.2 Å². The zero-order valence-corrected chi connectivity index (χ0v) is 9.59. The van der Waals surface area contributed by atoms with Crippen molar-refractivity contribution < 1.29 is 9.53 Å². The van der Waals surface area contributed by atoms with E-state index in [9.17, 15) is 10.1 Å². The number of fused-ring (bicyclic) bond motifs is 1. The zero-order chi connectivity index (χ0) is 12.5. The Hall–Kier alpha value is -2.48. The van der Waals surface area contributed by atoms with Crippen molar-refractivity contribution >= 4 is 17.0 Å². The van der Waals surface area contributed by atoms with Gasteiger partial charge < -0.3 is 9.72 Å². The lowest BCUT2D eigenvalue weighted by Gasteiger charge is -2.18. The molecule has 1 unspecified atom stereocenters. The van der Waals surface area contributed by atoms with E-state index in [-0.39, 0.29) is 0 Å². The summed E-state index contributed by atoms with van der Waals surface area (Å²) in [6.45, 7) is 0.802. The van der Waals surface area contributed by atoms with Gasteiger partial charge >= 0.3 is 6.09 Å². The average molecular weight is 241 g/mol. The second-order valence-electron chi connectivity index (χ2n) is 4.13. The van der Waals surface area contributed by atoms with Crippen LogP contribution in [0.3, 0.4) is 0 Å². The maximum Gasteiger partial charge on any atom is 0.411 e. The number of ether oxygens (including phenoxy) is 1. The fraction of sp³-hybridized carbons (Fsp3) is 0.231. The number of amides is 1. The smallest absolute Gasteiger partial charge is 0.411 e. The van der Waals surface area contributed by atoms with Crippen molar-refractivity contribution in [3.63, 3.8) is 0 Å². The fourth-order valence-corrected chi connectivity index (χ4v) is 2.27. The molecule has 0 aliphatic carbocycles. The van der Waals surface area contributed by atoms with Crippen molar-refractivity contribution in [1.29, 1.82) is 5.26 Å². The molecule has 3 rings (SSSR count). The number of hydrogen-bond acceptors (Lipinski definition) is 3. The number of para-hydroxylation sites is 1. The van der Waals surface area contributed by atoms with Gasteiger partial charge in [0.1, 0.15) is 12.6 Å². The normalized spacial score (nSPS) is 16.6. The number of rotatable bonds is 2. The van der Waals surface area contributed by atoms with Crippen LogP contribution >= 0.6 is 0 Å². The first-order chi connectivity index (χ1) is 8.81. The van der Waals surface area contributed by atoms with Crippen LogP contribution in [0.2, 0.25) is 0 Å². The van der Waals surface area contributed by atoms with E-state index in [2.05, 4.69) is 11.1 Å². The van der Waals surface area contributed by atoms with Gasteiger partial charge in [-0.05, 0) is 6.07 Å². The maximum atomic E-state index is 11.5. The van der Waals surface area contributed by atoms with Crippen LogP contribution in [0.5, 0.6) is 0 Å². The highest BCUT2D eigenvalue weighted by molar-refractivity contribution is 5.84. The van der Waals surface area contributed by atoms with Crippen LogP contribution in [-0.4, -0.2) is 29.1 Å². The van der Waals surface area contributed by atoms with Crippen LogP contribution in [0.1, 0.15) is 11.6 Å². The summed E-state index contributed by atoms with van der Waals surface area (Å²) < 4.78 is 4.88. The van der Waals surface area contributed by atoms with Gasteiger partial charge in [-0.15, -0.1) is 0 Å².